The molecule has 1 saturated heterocycles. The van der Waals surface area contributed by atoms with Crippen molar-refractivity contribution in [1.29, 1.82) is 0 Å². The Bertz CT molecular complexity index is 984. The van der Waals surface area contributed by atoms with Gasteiger partial charge >= 0.3 is 11.9 Å². The van der Waals surface area contributed by atoms with E-state index in [2.05, 4.69) is 54.3 Å². The second kappa shape index (κ2) is 15.7. The van der Waals surface area contributed by atoms with Crippen molar-refractivity contribution >= 4 is 35.5 Å². The van der Waals surface area contributed by atoms with Gasteiger partial charge in [-0.1, -0.05) is 56.0 Å². The van der Waals surface area contributed by atoms with Crippen LogP contribution in [0.3, 0.4) is 0 Å². The summed E-state index contributed by atoms with van der Waals surface area (Å²) in [4.78, 5) is 25.0. The number of carbonyl (C=O) groups is 2. The van der Waals surface area contributed by atoms with E-state index in [1.165, 1.54) is 24.6 Å². The van der Waals surface area contributed by atoms with Crippen molar-refractivity contribution in [3.8, 4) is 0 Å². The van der Waals surface area contributed by atoms with Gasteiger partial charge in [0.1, 0.15) is 4.08 Å². The third-order valence-corrected chi connectivity index (χ3v) is 9.91. The summed E-state index contributed by atoms with van der Waals surface area (Å²) < 4.78 is 10.4. The van der Waals surface area contributed by atoms with Gasteiger partial charge in [0.15, 0.2) is 0 Å². The lowest BCUT2D eigenvalue weighted by Gasteiger charge is -2.38. The highest BCUT2D eigenvalue weighted by atomic mass is 32.2. The minimum atomic E-state index is -0.590. The van der Waals surface area contributed by atoms with Gasteiger partial charge in [-0.15, -0.1) is 23.5 Å². The highest BCUT2D eigenvalue weighted by Crippen LogP contribution is 2.55. The van der Waals surface area contributed by atoms with Crippen LogP contribution in [0.2, 0.25) is 0 Å². The molecule has 0 atom stereocenters. The van der Waals surface area contributed by atoms with Crippen LogP contribution in [-0.2, 0) is 36.0 Å². The Hall–Kier alpha value is -1.96. The van der Waals surface area contributed by atoms with Crippen LogP contribution in [0.1, 0.15) is 77.6 Å². The summed E-state index contributed by atoms with van der Waals surface area (Å²) in [7, 11) is 1.50. The highest BCUT2D eigenvalue weighted by molar-refractivity contribution is 8.18. The van der Waals surface area contributed by atoms with Crippen molar-refractivity contribution in [2.24, 2.45) is 16.6 Å². The first kappa shape index (κ1) is 35.1. The summed E-state index contributed by atoms with van der Waals surface area (Å²) >= 11 is 3.96. The first-order valence-corrected chi connectivity index (χ1v) is 15.4. The number of thioether (sulfide) groups is 2. The van der Waals surface area contributed by atoms with Crippen LogP contribution < -0.4 is 5.73 Å². The fourth-order valence-corrected chi connectivity index (χ4v) is 7.97. The van der Waals surface area contributed by atoms with E-state index in [0.717, 1.165) is 22.6 Å². The van der Waals surface area contributed by atoms with Crippen LogP contribution >= 0.6 is 23.5 Å². The molecule has 0 spiro atoms. The second-order valence-electron chi connectivity index (χ2n) is 10.6. The lowest BCUT2D eigenvalue weighted by molar-refractivity contribution is -0.154. The number of carbonyl (C=O) groups excluding carboxylic acids is 2. The number of nitrogens with two attached hydrogens (primary N) is 1. The lowest BCUT2D eigenvalue weighted by Crippen LogP contribution is -2.30. The minimum Gasteiger partial charge on any atom is -0.466 e. The molecule has 3 rings (SSSR count). The Kier molecular flexibility index (Phi) is 14.1. The first-order chi connectivity index (χ1) is 18.0. The quantitative estimate of drug-likeness (QED) is 0.299. The molecule has 2 N–H and O–H groups in total. The van der Waals surface area contributed by atoms with Crippen molar-refractivity contribution in [1.82, 2.24) is 0 Å². The largest absolute Gasteiger partial charge is 0.466 e. The Labute approximate surface area is 245 Å². The summed E-state index contributed by atoms with van der Waals surface area (Å²) in [5, 5.41) is 0. The van der Waals surface area contributed by atoms with Crippen LogP contribution in [0, 0.1) is 10.8 Å². The van der Waals surface area contributed by atoms with E-state index >= 15 is 0 Å². The predicted molar refractivity (Wildman–Crippen MR) is 168 cm³/mol. The van der Waals surface area contributed by atoms with Crippen molar-refractivity contribution in [2.75, 3.05) is 31.8 Å². The van der Waals surface area contributed by atoms with Crippen LogP contribution in [-0.4, -0.2) is 43.7 Å². The highest BCUT2D eigenvalue weighted by Gasteiger charge is 2.39. The standard InChI is InChI=1S/C30H40O4S2.CH5N.CH4/c1-7-33-26(31)28(3,4)20-22-12-9-14-24(18-22)30(35-16-11-17-36-30)25-15-10-13-23(19-25)21-29(5,6)27(32)34-8-2;1-2;/h9-10,12-15,18-19H,7-8,11,16-17,20-21H2,1-6H3;2H2,1H3;1H4. The maximum atomic E-state index is 12.5. The summed E-state index contributed by atoms with van der Waals surface area (Å²) in [6.45, 7) is 12.3. The third kappa shape index (κ3) is 9.02. The average Bonchev–Trinajstić information content (AvgIpc) is 2.90. The Morgan fingerprint density at radius 2 is 1.18 bits per heavy atom. The summed E-state index contributed by atoms with van der Waals surface area (Å²) in [5.74, 6) is 1.85. The topological polar surface area (TPSA) is 78.6 Å². The molecule has 0 unspecified atom stereocenters. The van der Waals surface area contributed by atoms with Gasteiger partial charge in [0, 0.05) is 0 Å². The van der Waals surface area contributed by atoms with Gasteiger partial charge in [-0.2, -0.15) is 0 Å². The van der Waals surface area contributed by atoms with E-state index < -0.39 is 10.8 Å². The van der Waals surface area contributed by atoms with E-state index in [1.54, 1.807) is 0 Å². The van der Waals surface area contributed by atoms with Gasteiger partial charge in [-0.25, -0.2) is 0 Å². The molecule has 5 nitrogen and oxygen atoms in total. The number of hydrogen-bond donors (Lipinski definition) is 1. The molecule has 0 bridgehead atoms. The lowest BCUT2D eigenvalue weighted by atomic mass is 9.84. The minimum absolute atomic E-state index is 0. The molecular formula is C32H49NO4S2. The zero-order valence-electron chi connectivity index (χ0n) is 24.1. The number of hydrogen-bond acceptors (Lipinski definition) is 7. The van der Waals surface area contributed by atoms with Gasteiger partial charge < -0.3 is 15.2 Å². The Balaban J connectivity index is 0.00000248. The maximum absolute atomic E-state index is 12.5. The molecule has 2 aromatic rings. The molecule has 218 valence electrons. The summed E-state index contributed by atoms with van der Waals surface area (Å²) in [6, 6.07) is 17.4. The van der Waals surface area contributed by atoms with E-state index in [0.29, 0.717) is 26.1 Å². The van der Waals surface area contributed by atoms with Gasteiger partial charge in [0.05, 0.1) is 24.0 Å². The molecule has 0 aliphatic carbocycles. The Morgan fingerprint density at radius 3 is 1.54 bits per heavy atom. The van der Waals surface area contributed by atoms with Gasteiger partial charge in [0.25, 0.3) is 0 Å². The third-order valence-electron chi connectivity index (χ3n) is 6.46. The zero-order chi connectivity index (χ0) is 28.4. The zero-order valence-corrected chi connectivity index (χ0v) is 25.7. The van der Waals surface area contributed by atoms with E-state index in [-0.39, 0.29) is 23.4 Å². The molecular weight excluding hydrogens is 526 g/mol. The van der Waals surface area contributed by atoms with Crippen LogP contribution in [0.5, 0.6) is 0 Å². The molecule has 0 aromatic heterocycles. The first-order valence-electron chi connectivity index (χ1n) is 13.4. The molecule has 2 aromatic carbocycles. The van der Waals surface area contributed by atoms with Crippen molar-refractivity contribution < 1.29 is 19.1 Å². The molecule has 1 aliphatic heterocycles. The van der Waals surface area contributed by atoms with Gasteiger partial charge in [-0.05, 0) is 102 Å². The van der Waals surface area contributed by atoms with Crippen LogP contribution in [0.25, 0.3) is 0 Å². The Morgan fingerprint density at radius 1 is 0.795 bits per heavy atom. The molecule has 0 amide bonds. The molecule has 1 fully saturated rings. The normalized spacial score (nSPS) is 14.8. The number of benzene rings is 2. The number of rotatable bonds is 10. The smallest absolute Gasteiger partial charge is 0.311 e. The molecule has 0 radical (unpaired) electrons. The van der Waals surface area contributed by atoms with Crippen molar-refractivity contribution in [3.63, 3.8) is 0 Å². The van der Waals surface area contributed by atoms with Gasteiger partial charge in [0.2, 0.25) is 0 Å². The van der Waals surface area contributed by atoms with E-state index in [9.17, 15) is 9.59 Å². The molecule has 0 saturated carbocycles. The maximum Gasteiger partial charge on any atom is 0.311 e. The number of ether oxygens (including phenoxy) is 2. The van der Waals surface area contributed by atoms with Crippen molar-refractivity contribution in [3.05, 3.63) is 70.8 Å². The summed E-state index contributed by atoms with van der Waals surface area (Å²) in [6.07, 6.45) is 2.43. The molecule has 1 heterocycles. The van der Waals surface area contributed by atoms with E-state index in [4.69, 9.17) is 9.47 Å². The fraction of sp³-hybridized carbons (Fsp3) is 0.562. The van der Waals surface area contributed by atoms with Gasteiger partial charge in [-0.3, -0.25) is 9.59 Å². The van der Waals surface area contributed by atoms with Crippen LogP contribution in [0.15, 0.2) is 48.5 Å². The predicted octanol–water partition coefficient (Wildman–Crippen LogP) is 7.23. The molecule has 7 heteroatoms. The number of esters is 2. The van der Waals surface area contributed by atoms with Crippen LogP contribution in [0.4, 0.5) is 0 Å². The molecule has 39 heavy (non-hydrogen) atoms. The monoisotopic (exact) mass is 575 g/mol. The SMILES string of the molecule is C.CCOC(=O)C(C)(C)Cc1cccc(C2(c3cccc(CC(C)(C)C(=O)OCC)c3)SCCCS2)c1.CN. The van der Waals surface area contributed by atoms with E-state index in [1.807, 2.05) is 65.1 Å². The second-order valence-corrected chi connectivity index (χ2v) is 13.5. The fourth-order valence-electron chi connectivity index (χ4n) is 4.62. The average molecular weight is 576 g/mol. The summed E-state index contributed by atoms with van der Waals surface area (Å²) in [5.41, 5.74) is 8.08. The van der Waals surface area contributed by atoms with Crippen molar-refractivity contribution in [2.45, 2.75) is 72.3 Å². The molecule has 1 aliphatic rings.